The summed E-state index contributed by atoms with van der Waals surface area (Å²) in [5.41, 5.74) is 1.48. The second-order valence-corrected chi connectivity index (χ2v) is 10.8. The maximum atomic E-state index is 12.9. The smallest absolute Gasteiger partial charge is 0.214 e. The molecular formula is C19H30N2O2S. The minimum absolute atomic E-state index is 0.146. The third-order valence-electron chi connectivity index (χ3n) is 5.88. The summed E-state index contributed by atoms with van der Waals surface area (Å²) in [6, 6.07) is 9.89. The van der Waals surface area contributed by atoms with Gasteiger partial charge in [0.05, 0.1) is 5.75 Å². The van der Waals surface area contributed by atoms with E-state index >= 15 is 0 Å². The molecule has 1 heterocycles. The zero-order valence-electron chi connectivity index (χ0n) is 15.3. The maximum Gasteiger partial charge on any atom is 0.214 e. The molecule has 1 aromatic carbocycles. The Bertz CT molecular complexity index is 681. The minimum Gasteiger partial charge on any atom is -0.309 e. The van der Waals surface area contributed by atoms with Gasteiger partial charge in [-0.15, -0.1) is 0 Å². The van der Waals surface area contributed by atoms with Gasteiger partial charge >= 0.3 is 0 Å². The van der Waals surface area contributed by atoms with Crippen LogP contribution in [0.5, 0.6) is 0 Å². The van der Waals surface area contributed by atoms with Crippen LogP contribution in [0.4, 0.5) is 0 Å². The number of aryl methyl sites for hydroxylation is 1. The molecule has 24 heavy (non-hydrogen) atoms. The lowest BCUT2D eigenvalue weighted by Crippen LogP contribution is -2.57. The van der Waals surface area contributed by atoms with Gasteiger partial charge in [0.2, 0.25) is 10.0 Å². The van der Waals surface area contributed by atoms with E-state index in [0.29, 0.717) is 25.4 Å². The van der Waals surface area contributed by atoms with Gasteiger partial charge in [0.15, 0.2) is 0 Å². The van der Waals surface area contributed by atoms with Crippen molar-refractivity contribution in [2.75, 3.05) is 39.5 Å². The summed E-state index contributed by atoms with van der Waals surface area (Å²) in [5.74, 6) is 0.682. The molecule has 1 aromatic rings. The molecule has 3 rings (SSSR count). The average molecular weight is 351 g/mol. The summed E-state index contributed by atoms with van der Waals surface area (Å²) in [4.78, 5) is 2.21. The van der Waals surface area contributed by atoms with E-state index in [2.05, 4.69) is 32.8 Å². The predicted molar refractivity (Wildman–Crippen MR) is 98.4 cm³/mol. The van der Waals surface area contributed by atoms with Crippen LogP contribution >= 0.6 is 0 Å². The molecule has 1 saturated carbocycles. The highest BCUT2D eigenvalue weighted by atomic mass is 32.2. The molecule has 0 N–H and O–H groups in total. The Hall–Kier alpha value is -0.910. The normalized spacial score (nSPS) is 29.5. The van der Waals surface area contributed by atoms with E-state index < -0.39 is 10.0 Å². The molecule has 0 aromatic heterocycles. The maximum absolute atomic E-state index is 12.9. The summed E-state index contributed by atoms with van der Waals surface area (Å²) >= 11 is 0. The van der Waals surface area contributed by atoms with Crippen molar-refractivity contribution in [3.05, 3.63) is 35.9 Å². The van der Waals surface area contributed by atoms with E-state index in [-0.39, 0.29) is 16.6 Å². The fourth-order valence-electron chi connectivity index (χ4n) is 5.16. The topological polar surface area (TPSA) is 40.6 Å². The Morgan fingerprint density at radius 2 is 1.88 bits per heavy atom. The third-order valence-corrected chi connectivity index (χ3v) is 7.67. The molecule has 1 saturated heterocycles. The number of benzene rings is 1. The first-order chi connectivity index (χ1) is 11.1. The van der Waals surface area contributed by atoms with Crippen molar-refractivity contribution in [1.82, 2.24) is 9.21 Å². The first kappa shape index (κ1) is 17.9. The number of rotatable bonds is 6. The molecule has 134 valence electrons. The summed E-state index contributed by atoms with van der Waals surface area (Å²) in [7, 11) is 0.981. The fraction of sp³-hybridized carbons (Fsp3) is 0.684. The van der Waals surface area contributed by atoms with Crippen molar-refractivity contribution >= 4 is 10.0 Å². The number of sulfonamides is 1. The van der Waals surface area contributed by atoms with Crippen LogP contribution in [0.3, 0.4) is 0 Å². The highest BCUT2D eigenvalue weighted by Crippen LogP contribution is 2.63. The van der Waals surface area contributed by atoms with Crippen LogP contribution in [0.1, 0.15) is 25.8 Å². The lowest BCUT2D eigenvalue weighted by molar-refractivity contribution is -0.0789. The van der Waals surface area contributed by atoms with Crippen LogP contribution in [0.25, 0.3) is 0 Å². The molecule has 0 unspecified atom stereocenters. The van der Waals surface area contributed by atoms with E-state index in [1.54, 1.807) is 4.31 Å². The average Bonchev–Trinajstić information content (AvgIpc) is 2.81. The Labute approximate surface area is 146 Å². The monoisotopic (exact) mass is 350 g/mol. The predicted octanol–water partition coefficient (Wildman–Crippen LogP) is 2.47. The van der Waals surface area contributed by atoms with Gasteiger partial charge in [-0.1, -0.05) is 44.2 Å². The molecule has 0 bridgehead atoms. The summed E-state index contributed by atoms with van der Waals surface area (Å²) < 4.78 is 27.5. The first-order valence-electron chi connectivity index (χ1n) is 8.81. The SMILES string of the molecule is CN(C)C[C@@]12CN(S(=O)(=O)CCc3ccccc3)C[C@@H]1C(C)(C)C2. The van der Waals surface area contributed by atoms with Gasteiger partial charge in [0, 0.05) is 25.0 Å². The molecule has 0 amide bonds. The van der Waals surface area contributed by atoms with Crippen molar-refractivity contribution in [3.8, 4) is 0 Å². The van der Waals surface area contributed by atoms with Gasteiger partial charge in [-0.05, 0) is 43.8 Å². The van der Waals surface area contributed by atoms with Gasteiger partial charge in [-0.2, -0.15) is 0 Å². The molecule has 0 spiro atoms. The third kappa shape index (κ3) is 3.26. The highest BCUT2D eigenvalue weighted by molar-refractivity contribution is 7.89. The van der Waals surface area contributed by atoms with Gasteiger partial charge in [-0.25, -0.2) is 12.7 Å². The van der Waals surface area contributed by atoms with Crippen molar-refractivity contribution in [2.24, 2.45) is 16.7 Å². The largest absolute Gasteiger partial charge is 0.309 e. The molecule has 2 fully saturated rings. The zero-order chi connectivity index (χ0) is 17.6. The van der Waals surface area contributed by atoms with Crippen molar-refractivity contribution in [3.63, 3.8) is 0 Å². The van der Waals surface area contributed by atoms with E-state index in [0.717, 1.165) is 18.5 Å². The van der Waals surface area contributed by atoms with E-state index in [4.69, 9.17) is 0 Å². The van der Waals surface area contributed by atoms with Gasteiger partial charge < -0.3 is 4.90 Å². The van der Waals surface area contributed by atoms with Crippen molar-refractivity contribution in [1.29, 1.82) is 0 Å². The Kier molecular flexibility index (Phi) is 4.56. The number of hydrogen-bond acceptors (Lipinski definition) is 3. The quantitative estimate of drug-likeness (QED) is 0.791. The standard InChI is InChI=1S/C19H30N2O2S/c1-18(2)13-19(14-20(3)4)15-21(12-17(18)19)24(22,23)11-10-16-8-6-5-7-9-16/h5-9,17H,10-15H2,1-4H3/t17-,19+/m1/s1. The van der Waals surface area contributed by atoms with Gasteiger partial charge in [-0.3, -0.25) is 0 Å². The Morgan fingerprint density at radius 3 is 2.46 bits per heavy atom. The van der Waals surface area contributed by atoms with Crippen LogP contribution in [-0.4, -0.2) is 57.1 Å². The summed E-state index contributed by atoms with van der Waals surface area (Å²) in [5, 5.41) is 0. The summed E-state index contributed by atoms with van der Waals surface area (Å²) in [6.07, 6.45) is 1.71. The fourth-order valence-corrected chi connectivity index (χ4v) is 6.74. The molecule has 2 atom stereocenters. The molecule has 1 aliphatic heterocycles. The first-order valence-corrected chi connectivity index (χ1v) is 10.4. The van der Waals surface area contributed by atoms with E-state index in [9.17, 15) is 8.42 Å². The second-order valence-electron chi connectivity index (χ2n) is 8.66. The van der Waals surface area contributed by atoms with Crippen LogP contribution in [0.15, 0.2) is 30.3 Å². The van der Waals surface area contributed by atoms with E-state index in [1.807, 2.05) is 30.3 Å². The molecule has 2 aliphatic rings. The van der Waals surface area contributed by atoms with E-state index in [1.165, 1.54) is 0 Å². The molecule has 1 aliphatic carbocycles. The molecular weight excluding hydrogens is 320 g/mol. The van der Waals surface area contributed by atoms with Crippen LogP contribution in [0.2, 0.25) is 0 Å². The van der Waals surface area contributed by atoms with Crippen LogP contribution in [0, 0.1) is 16.7 Å². The summed E-state index contributed by atoms with van der Waals surface area (Å²) in [6.45, 7) is 6.93. The zero-order valence-corrected chi connectivity index (χ0v) is 16.1. The van der Waals surface area contributed by atoms with Gasteiger partial charge in [0.1, 0.15) is 0 Å². The van der Waals surface area contributed by atoms with Gasteiger partial charge in [0.25, 0.3) is 0 Å². The number of fused-ring (bicyclic) bond motifs is 1. The highest BCUT2D eigenvalue weighted by Gasteiger charge is 2.63. The van der Waals surface area contributed by atoms with Crippen molar-refractivity contribution in [2.45, 2.75) is 26.7 Å². The molecule has 0 radical (unpaired) electrons. The molecule has 5 heteroatoms. The number of nitrogens with zero attached hydrogens (tertiary/aromatic N) is 2. The second kappa shape index (κ2) is 6.11. The van der Waals surface area contributed by atoms with Crippen LogP contribution in [-0.2, 0) is 16.4 Å². The van der Waals surface area contributed by atoms with Crippen LogP contribution < -0.4 is 0 Å². The Balaban J connectivity index is 1.71. The molecule has 4 nitrogen and oxygen atoms in total. The lowest BCUT2D eigenvalue weighted by Gasteiger charge is -2.57. The number of hydrogen-bond donors (Lipinski definition) is 0. The lowest BCUT2D eigenvalue weighted by atomic mass is 9.48. The Morgan fingerprint density at radius 1 is 1.21 bits per heavy atom. The minimum atomic E-state index is -3.19. The van der Waals surface area contributed by atoms with Crippen molar-refractivity contribution < 1.29 is 8.42 Å².